The quantitative estimate of drug-likeness (QED) is 0.918. The molecule has 1 N–H and O–H groups in total. The van der Waals surface area contributed by atoms with Gasteiger partial charge < -0.3 is 19.9 Å². The van der Waals surface area contributed by atoms with Crippen LogP contribution in [0.5, 0.6) is 5.75 Å². The van der Waals surface area contributed by atoms with E-state index in [0.717, 1.165) is 0 Å². The number of ether oxygens (including phenoxy) is 1. The fourth-order valence-corrected chi connectivity index (χ4v) is 2.69. The summed E-state index contributed by atoms with van der Waals surface area (Å²) in [6.45, 7) is 5.90. The van der Waals surface area contributed by atoms with Gasteiger partial charge in [0.1, 0.15) is 5.75 Å². The Labute approximate surface area is 141 Å². The number of hydrogen-bond acceptors (Lipinski definition) is 3. The first kappa shape index (κ1) is 17.4. The second kappa shape index (κ2) is 7.55. The number of benzene rings is 1. The van der Waals surface area contributed by atoms with Crippen molar-refractivity contribution in [2.45, 2.75) is 19.9 Å². The first-order valence-electron chi connectivity index (χ1n) is 7.60. The van der Waals surface area contributed by atoms with Gasteiger partial charge in [-0.15, -0.1) is 0 Å². The summed E-state index contributed by atoms with van der Waals surface area (Å²) in [5.74, 6) is 0.455. The van der Waals surface area contributed by atoms with Crippen LogP contribution in [0.2, 0.25) is 5.02 Å². The average molecular weight is 340 g/mol. The molecule has 1 aromatic rings. The van der Waals surface area contributed by atoms with Gasteiger partial charge in [-0.25, -0.2) is 4.79 Å². The van der Waals surface area contributed by atoms with Gasteiger partial charge in [0.05, 0.1) is 12.1 Å². The van der Waals surface area contributed by atoms with Crippen LogP contribution in [0.1, 0.15) is 24.2 Å². The Bertz CT molecular complexity index is 584. The van der Waals surface area contributed by atoms with Gasteiger partial charge in [-0.2, -0.15) is 0 Å². The topological polar surface area (TPSA) is 61.9 Å². The third kappa shape index (κ3) is 4.28. The predicted octanol–water partition coefficient (Wildman–Crippen LogP) is 2.22. The maximum atomic E-state index is 12.5. The number of amides is 3. The summed E-state index contributed by atoms with van der Waals surface area (Å²) in [5, 5.41) is 3.27. The molecule has 0 radical (unpaired) electrons. The Morgan fingerprint density at radius 2 is 1.78 bits per heavy atom. The number of urea groups is 1. The third-order valence-corrected chi connectivity index (χ3v) is 3.96. The van der Waals surface area contributed by atoms with E-state index in [1.54, 1.807) is 28.0 Å². The number of hydrogen-bond donors (Lipinski definition) is 1. The van der Waals surface area contributed by atoms with Gasteiger partial charge >= 0.3 is 6.03 Å². The van der Waals surface area contributed by atoms with Crippen LogP contribution < -0.4 is 10.1 Å². The average Bonchev–Trinajstić information content (AvgIpc) is 2.53. The maximum Gasteiger partial charge on any atom is 0.317 e. The van der Waals surface area contributed by atoms with Crippen molar-refractivity contribution in [2.24, 2.45) is 0 Å². The zero-order valence-corrected chi connectivity index (χ0v) is 14.4. The monoisotopic (exact) mass is 339 g/mol. The fraction of sp³-hybridized carbons (Fsp3) is 0.500. The summed E-state index contributed by atoms with van der Waals surface area (Å²) in [6.07, 6.45) is 0. The van der Waals surface area contributed by atoms with Crippen LogP contribution >= 0.6 is 11.6 Å². The fourth-order valence-electron chi connectivity index (χ4n) is 2.43. The molecule has 0 spiro atoms. The third-order valence-electron chi connectivity index (χ3n) is 3.66. The van der Waals surface area contributed by atoms with E-state index in [1.807, 2.05) is 13.8 Å². The number of methoxy groups -OCH3 is 1. The molecule has 0 unspecified atom stereocenters. The maximum absolute atomic E-state index is 12.5. The second-order valence-electron chi connectivity index (χ2n) is 5.73. The lowest BCUT2D eigenvalue weighted by atomic mass is 10.1. The van der Waals surface area contributed by atoms with Crippen LogP contribution in [-0.2, 0) is 0 Å². The molecule has 1 saturated heterocycles. The van der Waals surface area contributed by atoms with E-state index in [0.29, 0.717) is 42.5 Å². The molecule has 23 heavy (non-hydrogen) atoms. The van der Waals surface area contributed by atoms with Gasteiger partial charge in [-0.3, -0.25) is 4.79 Å². The van der Waals surface area contributed by atoms with Crippen LogP contribution in [0.25, 0.3) is 0 Å². The molecule has 6 nitrogen and oxygen atoms in total. The van der Waals surface area contributed by atoms with Gasteiger partial charge in [-0.1, -0.05) is 11.6 Å². The number of piperazine rings is 1. The second-order valence-corrected chi connectivity index (χ2v) is 6.14. The van der Waals surface area contributed by atoms with Gasteiger partial charge in [0, 0.05) is 37.8 Å². The molecule has 1 aromatic carbocycles. The first-order valence-corrected chi connectivity index (χ1v) is 7.98. The molecule has 1 heterocycles. The number of halogens is 1. The van der Waals surface area contributed by atoms with Crippen LogP contribution in [0.15, 0.2) is 18.2 Å². The van der Waals surface area contributed by atoms with Crippen molar-refractivity contribution >= 4 is 23.5 Å². The standard InChI is InChI=1S/C16H22ClN3O3/c1-11(2)18-16(22)20-8-6-19(7-9-20)15(21)12-4-5-14(23-3)13(17)10-12/h4-5,10-11H,6-9H2,1-3H3,(H,18,22). The summed E-state index contributed by atoms with van der Waals surface area (Å²) in [4.78, 5) is 27.9. The van der Waals surface area contributed by atoms with Crippen molar-refractivity contribution in [2.75, 3.05) is 33.3 Å². The number of nitrogens with zero attached hydrogens (tertiary/aromatic N) is 2. The Hall–Kier alpha value is -1.95. The molecule has 1 aliphatic heterocycles. The predicted molar refractivity (Wildman–Crippen MR) is 89.1 cm³/mol. The van der Waals surface area contributed by atoms with E-state index in [9.17, 15) is 9.59 Å². The highest BCUT2D eigenvalue weighted by atomic mass is 35.5. The van der Waals surface area contributed by atoms with Gasteiger partial charge in [0.15, 0.2) is 0 Å². The van der Waals surface area contributed by atoms with E-state index < -0.39 is 0 Å². The van der Waals surface area contributed by atoms with Crippen LogP contribution in [0, 0.1) is 0 Å². The van der Waals surface area contributed by atoms with E-state index in [4.69, 9.17) is 16.3 Å². The van der Waals surface area contributed by atoms with Gasteiger partial charge in [0.2, 0.25) is 0 Å². The Balaban J connectivity index is 1.96. The molecule has 0 aliphatic carbocycles. The minimum Gasteiger partial charge on any atom is -0.495 e. The largest absolute Gasteiger partial charge is 0.495 e. The SMILES string of the molecule is COc1ccc(C(=O)N2CCN(C(=O)NC(C)C)CC2)cc1Cl. The molecule has 0 atom stereocenters. The van der Waals surface area contributed by atoms with Gasteiger partial charge in [0.25, 0.3) is 5.91 Å². The van der Waals surface area contributed by atoms with E-state index in [1.165, 1.54) is 7.11 Å². The summed E-state index contributed by atoms with van der Waals surface area (Å²) < 4.78 is 5.09. The lowest BCUT2D eigenvalue weighted by Crippen LogP contribution is -2.54. The lowest BCUT2D eigenvalue weighted by Gasteiger charge is -2.35. The highest BCUT2D eigenvalue weighted by molar-refractivity contribution is 6.32. The minimum atomic E-state index is -0.0847. The van der Waals surface area contributed by atoms with Crippen molar-refractivity contribution in [1.82, 2.24) is 15.1 Å². The van der Waals surface area contributed by atoms with E-state index in [2.05, 4.69) is 5.32 Å². The Morgan fingerprint density at radius 3 is 2.30 bits per heavy atom. The smallest absolute Gasteiger partial charge is 0.317 e. The Kier molecular flexibility index (Phi) is 5.71. The molecule has 1 fully saturated rings. The molecule has 0 saturated carbocycles. The van der Waals surface area contributed by atoms with Crippen LogP contribution in [0.3, 0.4) is 0 Å². The molecule has 1 aliphatic rings. The number of nitrogens with one attached hydrogen (secondary N) is 1. The van der Waals surface area contributed by atoms with Crippen LogP contribution in [0.4, 0.5) is 4.79 Å². The van der Waals surface area contributed by atoms with Gasteiger partial charge in [-0.05, 0) is 32.0 Å². The number of carbonyl (C=O) groups is 2. The highest BCUT2D eigenvalue weighted by Crippen LogP contribution is 2.25. The molecule has 2 rings (SSSR count). The van der Waals surface area contributed by atoms with E-state index >= 15 is 0 Å². The van der Waals surface area contributed by atoms with Crippen molar-refractivity contribution in [3.63, 3.8) is 0 Å². The zero-order valence-electron chi connectivity index (χ0n) is 13.6. The van der Waals surface area contributed by atoms with Crippen molar-refractivity contribution in [3.05, 3.63) is 28.8 Å². The molecule has 126 valence electrons. The summed E-state index contributed by atoms with van der Waals surface area (Å²) >= 11 is 6.07. The molecule has 0 bridgehead atoms. The van der Waals surface area contributed by atoms with Crippen molar-refractivity contribution < 1.29 is 14.3 Å². The molecule has 0 aromatic heterocycles. The first-order chi connectivity index (χ1) is 10.9. The molecular formula is C16H22ClN3O3. The van der Waals surface area contributed by atoms with Crippen molar-refractivity contribution in [1.29, 1.82) is 0 Å². The van der Waals surface area contributed by atoms with Crippen LogP contribution in [-0.4, -0.2) is 61.1 Å². The number of rotatable bonds is 3. The molecule has 7 heteroatoms. The molecular weight excluding hydrogens is 318 g/mol. The number of carbonyl (C=O) groups excluding carboxylic acids is 2. The Morgan fingerprint density at radius 1 is 1.17 bits per heavy atom. The summed E-state index contributed by atoms with van der Waals surface area (Å²) in [5.41, 5.74) is 0.524. The van der Waals surface area contributed by atoms with Crippen molar-refractivity contribution in [3.8, 4) is 5.75 Å². The lowest BCUT2D eigenvalue weighted by molar-refractivity contribution is 0.0664. The summed E-state index contributed by atoms with van der Waals surface area (Å²) in [6, 6.07) is 5.01. The normalized spacial score (nSPS) is 14.8. The van der Waals surface area contributed by atoms with E-state index in [-0.39, 0.29) is 18.0 Å². The zero-order chi connectivity index (χ0) is 17.0. The minimum absolute atomic E-state index is 0.0837. The summed E-state index contributed by atoms with van der Waals surface area (Å²) in [7, 11) is 1.53. The molecule has 3 amide bonds. The highest BCUT2D eigenvalue weighted by Gasteiger charge is 2.25.